The van der Waals surface area contributed by atoms with Crippen molar-refractivity contribution in [2.75, 3.05) is 31.3 Å². The first-order valence-electron chi connectivity index (χ1n) is 6.52. The van der Waals surface area contributed by atoms with Gasteiger partial charge in [-0.3, -0.25) is 4.79 Å². The number of carbonyl (C=O) groups excluding carboxylic acids is 1. The van der Waals surface area contributed by atoms with Gasteiger partial charge in [-0.25, -0.2) is 0 Å². The third-order valence-electron chi connectivity index (χ3n) is 3.49. The molecule has 19 heavy (non-hydrogen) atoms. The van der Waals surface area contributed by atoms with E-state index < -0.39 is 0 Å². The van der Waals surface area contributed by atoms with Crippen LogP contribution >= 0.6 is 0 Å². The predicted octanol–water partition coefficient (Wildman–Crippen LogP) is 2.14. The number of anilines is 2. The summed E-state index contributed by atoms with van der Waals surface area (Å²) in [6.45, 7) is 2.23. The molecule has 0 aromatic heterocycles. The van der Waals surface area contributed by atoms with E-state index in [0.29, 0.717) is 12.3 Å². The van der Waals surface area contributed by atoms with Crippen molar-refractivity contribution in [2.24, 2.45) is 5.92 Å². The average Bonchev–Trinajstić information content (AvgIpc) is 3.18. The lowest BCUT2D eigenvalue weighted by Gasteiger charge is -2.15. The van der Waals surface area contributed by atoms with E-state index in [9.17, 15) is 9.90 Å². The fourth-order valence-electron chi connectivity index (χ4n) is 2.49. The molecule has 2 unspecified atom stereocenters. The highest BCUT2D eigenvalue weighted by molar-refractivity contribution is 5.83. The van der Waals surface area contributed by atoms with Crippen LogP contribution in [0, 0.1) is 5.92 Å². The van der Waals surface area contributed by atoms with Crippen LogP contribution in [0.2, 0.25) is 0 Å². The lowest BCUT2D eigenvalue weighted by atomic mass is 10.0. The van der Waals surface area contributed by atoms with Gasteiger partial charge < -0.3 is 20.5 Å². The molecule has 1 aliphatic rings. The highest BCUT2D eigenvalue weighted by atomic mass is 16.5. The van der Waals surface area contributed by atoms with Gasteiger partial charge in [-0.05, 0) is 25.0 Å². The summed E-state index contributed by atoms with van der Waals surface area (Å²) in [6.07, 6.45) is 0.807. The van der Waals surface area contributed by atoms with Gasteiger partial charge in [-0.1, -0.05) is 6.07 Å². The van der Waals surface area contributed by atoms with Crippen LogP contribution in [-0.2, 0) is 9.53 Å². The Morgan fingerprint density at radius 1 is 1.37 bits per heavy atom. The van der Waals surface area contributed by atoms with Gasteiger partial charge in [-0.2, -0.15) is 0 Å². The Bertz CT molecular complexity index is 488. The smallest absolute Gasteiger partial charge is 0.309 e. The van der Waals surface area contributed by atoms with Crippen LogP contribution in [0.25, 0.3) is 0 Å². The molecule has 5 heteroatoms. The van der Waals surface area contributed by atoms with Crippen LogP contribution in [-0.4, -0.2) is 31.8 Å². The molecule has 0 aliphatic heterocycles. The second-order valence-corrected chi connectivity index (χ2v) is 4.62. The summed E-state index contributed by atoms with van der Waals surface area (Å²) in [5, 5.41) is 15.9. The van der Waals surface area contributed by atoms with Crippen LogP contribution in [0.1, 0.15) is 24.8 Å². The van der Waals surface area contributed by atoms with E-state index in [1.807, 2.05) is 13.0 Å². The zero-order chi connectivity index (χ0) is 14.0. The minimum absolute atomic E-state index is 0.0544. The summed E-state index contributed by atoms with van der Waals surface area (Å²) >= 11 is 0. The first kappa shape index (κ1) is 13.5. The first-order chi connectivity index (χ1) is 9.13. The van der Waals surface area contributed by atoms with E-state index in [-0.39, 0.29) is 23.6 Å². The molecule has 0 amide bonds. The van der Waals surface area contributed by atoms with Gasteiger partial charge in [0.15, 0.2) is 0 Å². The number of aromatic hydroxyl groups is 1. The zero-order valence-electron chi connectivity index (χ0n) is 11.5. The third-order valence-corrected chi connectivity index (χ3v) is 3.49. The standard InChI is InChI=1S/C14H20N2O3/c1-4-19-14(18)10-7-9(10)8-5-6-11(17)13(16-3)12(8)15-2/h5-6,9-10,15-17H,4,7H2,1-3H3. The molecule has 5 nitrogen and oxygen atoms in total. The van der Waals surface area contributed by atoms with E-state index in [0.717, 1.165) is 17.7 Å². The number of hydrogen-bond acceptors (Lipinski definition) is 5. The van der Waals surface area contributed by atoms with E-state index >= 15 is 0 Å². The molecule has 104 valence electrons. The molecule has 1 saturated carbocycles. The lowest BCUT2D eigenvalue weighted by Crippen LogP contribution is -2.08. The number of carbonyl (C=O) groups is 1. The molecule has 1 aromatic rings. The lowest BCUT2D eigenvalue weighted by molar-refractivity contribution is -0.144. The maximum absolute atomic E-state index is 11.7. The quantitative estimate of drug-likeness (QED) is 0.561. The maximum atomic E-state index is 11.7. The monoisotopic (exact) mass is 264 g/mol. The van der Waals surface area contributed by atoms with Gasteiger partial charge in [-0.15, -0.1) is 0 Å². The number of nitrogens with one attached hydrogen (secondary N) is 2. The van der Waals surface area contributed by atoms with E-state index in [2.05, 4.69) is 10.6 Å². The van der Waals surface area contributed by atoms with Crippen molar-refractivity contribution in [1.29, 1.82) is 0 Å². The predicted molar refractivity (Wildman–Crippen MR) is 74.7 cm³/mol. The Morgan fingerprint density at radius 2 is 2.05 bits per heavy atom. The molecule has 0 heterocycles. The topological polar surface area (TPSA) is 70.6 Å². The Morgan fingerprint density at radius 3 is 2.63 bits per heavy atom. The molecule has 0 radical (unpaired) electrons. The Labute approximate surface area is 113 Å². The van der Waals surface area contributed by atoms with Crippen LogP contribution < -0.4 is 10.6 Å². The van der Waals surface area contributed by atoms with Gasteiger partial charge >= 0.3 is 5.97 Å². The first-order valence-corrected chi connectivity index (χ1v) is 6.52. The van der Waals surface area contributed by atoms with Crippen LogP contribution in [0.5, 0.6) is 5.75 Å². The summed E-state index contributed by atoms with van der Waals surface area (Å²) in [7, 11) is 3.57. The molecular formula is C14H20N2O3. The summed E-state index contributed by atoms with van der Waals surface area (Å²) in [6, 6.07) is 3.52. The van der Waals surface area contributed by atoms with Crippen LogP contribution in [0.3, 0.4) is 0 Å². The van der Waals surface area contributed by atoms with Gasteiger partial charge in [0.2, 0.25) is 0 Å². The minimum atomic E-state index is -0.131. The molecule has 1 aliphatic carbocycles. The van der Waals surface area contributed by atoms with Gasteiger partial charge in [0, 0.05) is 20.0 Å². The second-order valence-electron chi connectivity index (χ2n) is 4.62. The molecule has 3 N–H and O–H groups in total. The Balaban J connectivity index is 2.25. The molecular weight excluding hydrogens is 244 g/mol. The molecule has 0 saturated heterocycles. The van der Waals surface area contributed by atoms with Crippen LogP contribution in [0.15, 0.2) is 12.1 Å². The zero-order valence-corrected chi connectivity index (χ0v) is 11.5. The van der Waals surface area contributed by atoms with E-state index in [4.69, 9.17) is 4.74 Å². The molecule has 1 aromatic carbocycles. The fraction of sp³-hybridized carbons (Fsp3) is 0.500. The molecule has 0 spiro atoms. The maximum Gasteiger partial charge on any atom is 0.309 e. The largest absolute Gasteiger partial charge is 0.506 e. The Kier molecular flexibility index (Phi) is 3.83. The normalized spacial score (nSPS) is 20.8. The number of hydrogen-bond donors (Lipinski definition) is 3. The van der Waals surface area contributed by atoms with Crippen LogP contribution in [0.4, 0.5) is 11.4 Å². The summed E-state index contributed by atoms with van der Waals surface area (Å²) in [5.74, 6) is 0.188. The van der Waals surface area contributed by atoms with Gasteiger partial charge in [0.1, 0.15) is 11.4 Å². The number of phenolic OH excluding ortho intramolecular Hbond substituents is 1. The highest BCUT2D eigenvalue weighted by Gasteiger charge is 2.46. The van der Waals surface area contributed by atoms with Crippen molar-refractivity contribution >= 4 is 17.3 Å². The highest BCUT2D eigenvalue weighted by Crippen LogP contribution is 2.52. The number of phenols is 1. The summed E-state index contributed by atoms with van der Waals surface area (Å²) in [5.41, 5.74) is 2.55. The Hall–Kier alpha value is -1.91. The molecule has 0 bridgehead atoms. The molecule has 1 fully saturated rings. The van der Waals surface area contributed by atoms with E-state index in [1.165, 1.54) is 0 Å². The van der Waals surface area contributed by atoms with Gasteiger partial charge in [0.05, 0.1) is 18.2 Å². The van der Waals surface area contributed by atoms with Crippen molar-refractivity contribution in [1.82, 2.24) is 0 Å². The number of ether oxygens (including phenoxy) is 1. The SMILES string of the molecule is CCOC(=O)C1CC1c1ccc(O)c(NC)c1NC. The number of esters is 1. The number of rotatable bonds is 5. The summed E-state index contributed by atoms with van der Waals surface area (Å²) in [4.78, 5) is 11.7. The number of benzene rings is 1. The van der Waals surface area contributed by atoms with Crippen molar-refractivity contribution in [3.63, 3.8) is 0 Å². The fourth-order valence-corrected chi connectivity index (χ4v) is 2.49. The summed E-state index contributed by atoms with van der Waals surface area (Å²) < 4.78 is 5.05. The van der Waals surface area contributed by atoms with E-state index in [1.54, 1.807) is 20.2 Å². The van der Waals surface area contributed by atoms with Gasteiger partial charge in [0.25, 0.3) is 0 Å². The molecule has 2 atom stereocenters. The minimum Gasteiger partial charge on any atom is -0.506 e. The van der Waals surface area contributed by atoms with Crippen molar-refractivity contribution in [2.45, 2.75) is 19.3 Å². The van der Waals surface area contributed by atoms with Crippen molar-refractivity contribution < 1.29 is 14.6 Å². The van der Waals surface area contributed by atoms with Crippen molar-refractivity contribution in [3.8, 4) is 5.75 Å². The second kappa shape index (κ2) is 5.38. The average molecular weight is 264 g/mol. The molecule has 2 rings (SSSR count). The third kappa shape index (κ3) is 2.45. The van der Waals surface area contributed by atoms with Crippen molar-refractivity contribution in [3.05, 3.63) is 17.7 Å².